The maximum Gasteiger partial charge on any atom is 0.237 e. The number of nitrogens with two attached hydrogens (primary N) is 1. The number of carbonyl (C=O) groups excluding carboxylic acids is 3. The predicted molar refractivity (Wildman–Crippen MR) is 124 cm³/mol. The third-order valence-corrected chi connectivity index (χ3v) is 5.63. The van der Waals surface area contributed by atoms with E-state index in [0.29, 0.717) is 31.7 Å². The fourth-order valence-electron chi connectivity index (χ4n) is 3.94. The summed E-state index contributed by atoms with van der Waals surface area (Å²) < 4.78 is 0. The fourth-order valence-corrected chi connectivity index (χ4v) is 3.94. The van der Waals surface area contributed by atoms with Gasteiger partial charge in [0.05, 0.1) is 30.7 Å². The van der Waals surface area contributed by atoms with Crippen molar-refractivity contribution in [1.29, 1.82) is 0 Å². The summed E-state index contributed by atoms with van der Waals surface area (Å²) in [6.45, 7) is 4.50. The van der Waals surface area contributed by atoms with Gasteiger partial charge >= 0.3 is 0 Å². The second-order valence-corrected chi connectivity index (χ2v) is 8.81. The van der Waals surface area contributed by atoms with E-state index in [2.05, 4.69) is 10.3 Å². The SMILES string of the molecule is CC(C)C[C@H](N)C(=O)NC1CCCN(C(=O)Cc2cccc(-c3ccccn3)c2)CC1=O. The van der Waals surface area contributed by atoms with E-state index >= 15 is 0 Å². The number of hydrogen-bond acceptors (Lipinski definition) is 5. The van der Waals surface area contributed by atoms with Crippen molar-refractivity contribution in [1.82, 2.24) is 15.2 Å². The molecule has 0 saturated carbocycles. The van der Waals surface area contributed by atoms with Crippen LogP contribution in [-0.4, -0.2) is 52.7 Å². The molecule has 7 nitrogen and oxygen atoms in total. The number of nitrogens with zero attached hydrogens (tertiary/aromatic N) is 2. The first-order valence-corrected chi connectivity index (χ1v) is 11.2. The lowest BCUT2D eigenvalue weighted by Gasteiger charge is -2.21. The van der Waals surface area contributed by atoms with Crippen LogP contribution < -0.4 is 11.1 Å². The van der Waals surface area contributed by atoms with Crippen LogP contribution in [0.3, 0.4) is 0 Å². The molecule has 1 aliphatic heterocycles. The van der Waals surface area contributed by atoms with Crippen LogP contribution in [0.4, 0.5) is 0 Å². The molecule has 1 aromatic carbocycles. The van der Waals surface area contributed by atoms with E-state index in [-0.39, 0.29) is 30.6 Å². The second-order valence-electron chi connectivity index (χ2n) is 8.81. The first kappa shape index (κ1) is 23.6. The van der Waals surface area contributed by atoms with Crippen LogP contribution in [0.5, 0.6) is 0 Å². The van der Waals surface area contributed by atoms with Crippen molar-refractivity contribution in [2.24, 2.45) is 11.7 Å². The van der Waals surface area contributed by atoms with Crippen molar-refractivity contribution < 1.29 is 14.4 Å². The highest BCUT2D eigenvalue weighted by atomic mass is 16.2. The molecule has 2 heterocycles. The van der Waals surface area contributed by atoms with E-state index in [1.807, 2.05) is 56.3 Å². The predicted octanol–water partition coefficient (Wildman–Crippen LogP) is 2.34. The molecule has 1 fully saturated rings. The zero-order valence-electron chi connectivity index (χ0n) is 18.8. The minimum absolute atomic E-state index is 0.00311. The molecule has 0 aliphatic carbocycles. The van der Waals surface area contributed by atoms with Crippen LogP contribution in [0.15, 0.2) is 48.7 Å². The summed E-state index contributed by atoms with van der Waals surface area (Å²) in [5, 5.41) is 2.79. The van der Waals surface area contributed by atoms with Crippen LogP contribution in [0.2, 0.25) is 0 Å². The van der Waals surface area contributed by atoms with Crippen LogP contribution in [0.1, 0.15) is 38.7 Å². The molecule has 3 rings (SSSR count). The Hall–Kier alpha value is -3.06. The minimum Gasteiger partial charge on any atom is -0.345 e. The number of pyridine rings is 1. The number of aromatic nitrogens is 1. The number of Topliss-reactive ketones (excluding diaryl/α,β-unsaturated/α-hetero) is 1. The van der Waals surface area contributed by atoms with E-state index in [9.17, 15) is 14.4 Å². The van der Waals surface area contributed by atoms with Gasteiger partial charge in [-0.1, -0.05) is 38.1 Å². The average molecular weight is 437 g/mol. The van der Waals surface area contributed by atoms with Crippen molar-refractivity contribution in [2.75, 3.05) is 13.1 Å². The Balaban J connectivity index is 1.59. The zero-order chi connectivity index (χ0) is 23.1. The largest absolute Gasteiger partial charge is 0.345 e. The molecule has 2 aromatic rings. The standard InChI is InChI=1S/C25H32N4O3/c1-17(2)13-20(26)25(32)28-22-10-6-12-29(16-23(22)30)24(31)15-18-7-5-8-19(14-18)21-9-3-4-11-27-21/h3-5,7-9,11,14,17,20,22H,6,10,12-13,15-16,26H2,1-2H3,(H,28,32)/t20-,22?/m0/s1. The first-order chi connectivity index (χ1) is 15.3. The number of ketones is 1. The number of nitrogens with one attached hydrogen (secondary N) is 1. The van der Waals surface area contributed by atoms with E-state index in [4.69, 9.17) is 5.73 Å². The lowest BCUT2D eigenvalue weighted by molar-refractivity contribution is -0.135. The van der Waals surface area contributed by atoms with Gasteiger partial charge in [-0.3, -0.25) is 19.4 Å². The monoisotopic (exact) mass is 436 g/mol. The van der Waals surface area contributed by atoms with Gasteiger partial charge in [0.25, 0.3) is 0 Å². The van der Waals surface area contributed by atoms with Gasteiger partial charge in [-0.25, -0.2) is 0 Å². The zero-order valence-corrected chi connectivity index (χ0v) is 18.8. The van der Waals surface area contributed by atoms with Crippen LogP contribution in [-0.2, 0) is 20.8 Å². The van der Waals surface area contributed by atoms with Crippen molar-refractivity contribution in [3.8, 4) is 11.3 Å². The van der Waals surface area contributed by atoms with E-state index in [1.54, 1.807) is 11.1 Å². The first-order valence-electron chi connectivity index (χ1n) is 11.2. The number of benzene rings is 1. The second kappa shape index (κ2) is 11.0. The average Bonchev–Trinajstić information content (AvgIpc) is 2.95. The number of rotatable bonds is 7. The number of carbonyl (C=O) groups is 3. The van der Waals surface area contributed by atoms with Crippen LogP contribution in [0.25, 0.3) is 11.3 Å². The summed E-state index contributed by atoms with van der Waals surface area (Å²) in [5.41, 5.74) is 8.61. The summed E-state index contributed by atoms with van der Waals surface area (Å²) in [5.74, 6) is -0.253. The summed E-state index contributed by atoms with van der Waals surface area (Å²) in [7, 11) is 0. The molecular weight excluding hydrogens is 404 g/mol. The van der Waals surface area contributed by atoms with E-state index < -0.39 is 12.1 Å². The van der Waals surface area contributed by atoms with Gasteiger partial charge < -0.3 is 16.0 Å². The van der Waals surface area contributed by atoms with Gasteiger partial charge in [0.2, 0.25) is 11.8 Å². The molecule has 0 bridgehead atoms. The Morgan fingerprint density at radius 2 is 2.03 bits per heavy atom. The maximum absolute atomic E-state index is 12.9. The molecule has 1 aromatic heterocycles. The third kappa shape index (κ3) is 6.47. The van der Waals surface area contributed by atoms with Gasteiger partial charge in [0.15, 0.2) is 5.78 Å². The fraction of sp³-hybridized carbons (Fsp3) is 0.440. The summed E-state index contributed by atoms with van der Waals surface area (Å²) in [6.07, 6.45) is 3.67. The smallest absolute Gasteiger partial charge is 0.237 e. The molecule has 0 radical (unpaired) electrons. The molecule has 1 unspecified atom stereocenters. The molecule has 2 atom stereocenters. The molecule has 7 heteroatoms. The number of likely N-dealkylation sites (tertiary alicyclic amines) is 1. The molecule has 1 saturated heterocycles. The van der Waals surface area contributed by atoms with Gasteiger partial charge in [-0.15, -0.1) is 0 Å². The van der Waals surface area contributed by atoms with Crippen molar-refractivity contribution in [3.63, 3.8) is 0 Å². The van der Waals surface area contributed by atoms with E-state index in [1.165, 1.54) is 0 Å². The van der Waals surface area contributed by atoms with Gasteiger partial charge in [0, 0.05) is 18.3 Å². The van der Waals surface area contributed by atoms with Crippen molar-refractivity contribution in [2.45, 2.75) is 51.6 Å². The van der Waals surface area contributed by atoms with Crippen LogP contribution in [0, 0.1) is 5.92 Å². The van der Waals surface area contributed by atoms with Crippen molar-refractivity contribution >= 4 is 17.6 Å². The molecule has 1 aliphatic rings. The Bertz CT molecular complexity index is 945. The molecule has 32 heavy (non-hydrogen) atoms. The molecule has 170 valence electrons. The number of amides is 2. The van der Waals surface area contributed by atoms with Gasteiger partial charge in [-0.2, -0.15) is 0 Å². The normalized spacial score (nSPS) is 17.7. The Labute approximate surface area is 189 Å². The Morgan fingerprint density at radius 1 is 1.22 bits per heavy atom. The third-order valence-electron chi connectivity index (χ3n) is 5.63. The highest BCUT2D eigenvalue weighted by Crippen LogP contribution is 2.19. The van der Waals surface area contributed by atoms with Crippen molar-refractivity contribution in [3.05, 3.63) is 54.2 Å². The highest BCUT2D eigenvalue weighted by molar-refractivity contribution is 5.94. The highest BCUT2D eigenvalue weighted by Gasteiger charge is 2.29. The van der Waals surface area contributed by atoms with Crippen LogP contribution >= 0.6 is 0 Å². The maximum atomic E-state index is 12.9. The topological polar surface area (TPSA) is 105 Å². The number of hydrogen-bond donors (Lipinski definition) is 2. The quantitative estimate of drug-likeness (QED) is 0.693. The van der Waals surface area contributed by atoms with E-state index in [0.717, 1.165) is 16.8 Å². The molecule has 2 amide bonds. The Morgan fingerprint density at radius 3 is 2.75 bits per heavy atom. The van der Waals surface area contributed by atoms with Gasteiger partial charge in [0.1, 0.15) is 0 Å². The Kier molecular flexibility index (Phi) is 8.11. The lowest BCUT2D eigenvalue weighted by Crippen LogP contribution is -2.50. The minimum atomic E-state index is -0.629. The molecule has 0 spiro atoms. The molecular formula is C25H32N4O3. The lowest BCUT2D eigenvalue weighted by atomic mass is 10.0. The van der Waals surface area contributed by atoms with Gasteiger partial charge in [-0.05, 0) is 48.9 Å². The summed E-state index contributed by atoms with van der Waals surface area (Å²) in [4.78, 5) is 44.0. The summed E-state index contributed by atoms with van der Waals surface area (Å²) in [6, 6.07) is 12.2. The molecule has 3 N–H and O–H groups in total. The summed E-state index contributed by atoms with van der Waals surface area (Å²) >= 11 is 0.